The molecule has 2 N–H and O–H groups in total. The minimum Gasteiger partial charge on any atom is -0.494 e. The van der Waals surface area contributed by atoms with Gasteiger partial charge in [0.05, 0.1) is 19.3 Å². The molecule has 0 amide bonds. The molecule has 0 aliphatic carbocycles. The molecule has 1 saturated heterocycles. The highest BCUT2D eigenvalue weighted by atomic mass is 16.5. The first-order chi connectivity index (χ1) is 9.74. The first kappa shape index (κ1) is 15.3. The van der Waals surface area contributed by atoms with E-state index in [1.165, 1.54) is 5.56 Å². The summed E-state index contributed by atoms with van der Waals surface area (Å²) in [5.74, 6) is 0.932. The van der Waals surface area contributed by atoms with Crippen LogP contribution < -0.4 is 10.5 Å². The Kier molecular flexibility index (Phi) is 5.83. The SMILES string of the molecule is CCCOc1ccc(C(CN)N2CCOC(C)C2)cc1. The second kappa shape index (κ2) is 7.62. The van der Waals surface area contributed by atoms with Crippen LogP contribution in [-0.4, -0.2) is 43.9 Å². The number of ether oxygens (including phenoxy) is 2. The van der Waals surface area contributed by atoms with Gasteiger partial charge in [-0.25, -0.2) is 0 Å². The molecule has 4 heteroatoms. The molecule has 1 fully saturated rings. The summed E-state index contributed by atoms with van der Waals surface area (Å²) in [6.07, 6.45) is 1.31. The number of nitrogens with zero attached hydrogens (tertiary/aromatic N) is 1. The maximum atomic E-state index is 5.99. The maximum absolute atomic E-state index is 5.99. The Morgan fingerprint density at radius 1 is 1.40 bits per heavy atom. The van der Waals surface area contributed by atoms with Crippen LogP contribution in [-0.2, 0) is 4.74 Å². The summed E-state index contributed by atoms with van der Waals surface area (Å²) in [5.41, 5.74) is 7.24. The number of benzene rings is 1. The lowest BCUT2D eigenvalue weighted by Crippen LogP contribution is -2.45. The fraction of sp³-hybridized carbons (Fsp3) is 0.625. The highest BCUT2D eigenvalue weighted by molar-refractivity contribution is 5.29. The second-order valence-electron chi connectivity index (χ2n) is 5.35. The van der Waals surface area contributed by atoms with Gasteiger partial charge in [0, 0.05) is 25.7 Å². The molecule has 0 aromatic heterocycles. The highest BCUT2D eigenvalue weighted by Crippen LogP contribution is 2.24. The molecule has 4 nitrogen and oxygen atoms in total. The molecule has 1 aromatic carbocycles. The van der Waals surface area contributed by atoms with Crippen LogP contribution in [0.4, 0.5) is 0 Å². The van der Waals surface area contributed by atoms with E-state index in [0.717, 1.165) is 38.5 Å². The van der Waals surface area contributed by atoms with E-state index in [2.05, 4.69) is 30.9 Å². The monoisotopic (exact) mass is 278 g/mol. The summed E-state index contributed by atoms with van der Waals surface area (Å²) in [6.45, 7) is 8.29. The number of hydrogen-bond donors (Lipinski definition) is 1. The van der Waals surface area contributed by atoms with Crippen LogP contribution in [0.3, 0.4) is 0 Å². The quantitative estimate of drug-likeness (QED) is 0.866. The lowest BCUT2D eigenvalue weighted by atomic mass is 10.0. The molecular weight excluding hydrogens is 252 g/mol. The fourth-order valence-electron chi connectivity index (χ4n) is 2.63. The van der Waals surface area contributed by atoms with Crippen LogP contribution in [0.15, 0.2) is 24.3 Å². The van der Waals surface area contributed by atoms with Crippen molar-refractivity contribution < 1.29 is 9.47 Å². The van der Waals surface area contributed by atoms with Gasteiger partial charge in [-0.15, -0.1) is 0 Å². The Labute approximate surface area is 121 Å². The van der Waals surface area contributed by atoms with Gasteiger partial charge in [0.1, 0.15) is 5.75 Å². The molecule has 1 aromatic rings. The first-order valence-corrected chi connectivity index (χ1v) is 7.53. The van der Waals surface area contributed by atoms with Crippen molar-refractivity contribution in [1.29, 1.82) is 0 Å². The van der Waals surface area contributed by atoms with Gasteiger partial charge in [0.25, 0.3) is 0 Å². The number of rotatable bonds is 6. The van der Waals surface area contributed by atoms with Crippen LogP contribution in [0.25, 0.3) is 0 Å². The molecule has 112 valence electrons. The minimum absolute atomic E-state index is 0.265. The molecule has 1 heterocycles. The van der Waals surface area contributed by atoms with E-state index in [9.17, 15) is 0 Å². The van der Waals surface area contributed by atoms with Crippen molar-refractivity contribution in [3.05, 3.63) is 29.8 Å². The largest absolute Gasteiger partial charge is 0.494 e. The average Bonchev–Trinajstić information content (AvgIpc) is 2.47. The zero-order valence-electron chi connectivity index (χ0n) is 12.5. The van der Waals surface area contributed by atoms with Gasteiger partial charge >= 0.3 is 0 Å². The molecule has 0 radical (unpaired) electrons. The van der Waals surface area contributed by atoms with Gasteiger partial charge < -0.3 is 15.2 Å². The van der Waals surface area contributed by atoms with Crippen LogP contribution >= 0.6 is 0 Å². The molecule has 0 saturated carbocycles. The molecule has 20 heavy (non-hydrogen) atoms. The third kappa shape index (κ3) is 3.95. The van der Waals surface area contributed by atoms with Crippen molar-refractivity contribution in [2.45, 2.75) is 32.4 Å². The van der Waals surface area contributed by atoms with Crippen LogP contribution in [0.5, 0.6) is 5.75 Å². The Morgan fingerprint density at radius 2 is 2.15 bits per heavy atom. The normalized spacial score (nSPS) is 21.6. The molecule has 0 bridgehead atoms. The van der Waals surface area contributed by atoms with Gasteiger partial charge in [-0.05, 0) is 31.0 Å². The van der Waals surface area contributed by atoms with E-state index >= 15 is 0 Å². The van der Waals surface area contributed by atoms with Gasteiger partial charge in [-0.2, -0.15) is 0 Å². The van der Waals surface area contributed by atoms with Crippen molar-refractivity contribution in [2.75, 3.05) is 32.8 Å². The van der Waals surface area contributed by atoms with Gasteiger partial charge in [0.15, 0.2) is 0 Å². The van der Waals surface area contributed by atoms with Crippen molar-refractivity contribution in [3.8, 4) is 5.75 Å². The lowest BCUT2D eigenvalue weighted by molar-refractivity contribution is -0.0333. The zero-order chi connectivity index (χ0) is 14.4. The van der Waals surface area contributed by atoms with Gasteiger partial charge in [-0.1, -0.05) is 19.1 Å². The smallest absolute Gasteiger partial charge is 0.119 e. The number of morpholine rings is 1. The van der Waals surface area contributed by atoms with E-state index in [1.54, 1.807) is 0 Å². The maximum Gasteiger partial charge on any atom is 0.119 e. The number of hydrogen-bond acceptors (Lipinski definition) is 4. The van der Waals surface area contributed by atoms with E-state index in [-0.39, 0.29) is 12.1 Å². The average molecular weight is 278 g/mol. The summed E-state index contributed by atoms with van der Waals surface area (Å²) in [7, 11) is 0. The van der Waals surface area contributed by atoms with Crippen molar-refractivity contribution >= 4 is 0 Å². The standard InChI is InChI=1S/C16H26N2O2/c1-3-9-20-15-6-4-14(5-7-15)16(11-17)18-8-10-19-13(2)12-18/h4-7,13,16H,3,8-12,17H2,1-2H3. The van der Waals surface area contributed by atoms with E-state index < -0.39 is 0 Å². The molecule has 2 unspecified atom stereocenters. The fourth-order valence-corrected chi connectivity index (χ4v) is 2.63. The third-order valence-electron chi connectivity index (χ3n) is 3.67. The summed E-state index contributed by atoms with van der Waals surface area (Å²) >= 11 is 0. The Morgan fingerprint density at radius 3 is 2.75 bits per heavy atom. The van der Waals surface area contributed by atoms with Crippen LogP contribution in [0.1, 0.15) is 31.9 Å². The van der Waals surface area contributed by atoms with E-state index in [4.69, 9.17) is 15.2 Å². The molecule has 2 atom stereocenters. The molecule has 1 aliphatic heterocycles. The Hall–Kier alpha value is -1.10. The highest BCUT2D eigenvalue weighted by Gasteiger charge is 2.24. The van der Waals surface area contributed by atoms with Gasteiger partial charge in [-0.3, -0.25) is 4.90 Å². The Bertz CT molecular complexity index is 394. The lowest BCUT2D eigenvalue weighted by Gasteiger charge is -2.37. The first-order valence-electron chi connectivity index (χ1n) is 7.53. The summed E-state index contributed by atoms with van der Waals surface area (Å²) in [5, 5.41) is 0. The zero-order valence-corrected chi connectivity index (χ0v) is 12.5. The molecule has 1 aliphatic rings. The Balaban J connectivity index is 2.03. The van der Waals surface area contributed by atoms with Crippen LogP contribution in [0, 0.1) is 0 Å². The van der Waals surface area contributed by atoms with Crippen molar-refractivity contribution in [1.82, 2.24) is 4.90 Å². The van der Waals surface area contributed by atoms with E-state index in [0.29, 0.717) is 6.54 Å². The van der Waals surface area contributed by atoms with Crippen LogP contribution in [0.2, 0.25) is 0 Å². The van der Waals surface area contributed by atoms with Crippen molar-refractivity contribution in [2.24, 2.45) is 5.73 Å². The van der Waals surface area contributed by atoms with Gasteiger partial charge in [0.2, 0.25) is 0 Å². The van der Waals surface area contributed by atoms with Crippen molar-refractivity contribution in [3.63, 3.8) is 0 Å². The second-order valence-corrected chi connectivity index (χ2v) is 5.35. The topological polar surface area (TPSA) is 47.7 Å². The summed E-state index contributed by atoms with van der Waals surface area (Å²) in [4.78, 5) is 2.41. The summed E-state index contributed by atoms with van der Waals surface area (Å²) < 4.78 is 11.2. The number of nitrogens with two attached hydrogens (primary N) is 1. The molecule has 0 spiro atoms. The van der Waals surface area contributed by atoms with E-state index in [1.807, 2.05) is 12.1 Å². The predicted octanol–water partition coefficient (Wildman–Crippen LogP) is 2.20. The third-order valence-corrected chi connectivity index (χ3v) is 3.67. The molecular formula is C16H26N2O2. The minimum atomic E-state index is 0.265. The molecule has 2 rings (SSSR count). The predicted molar refractivity (Wildman–Crippen MR) is 81.0 cm³/mol. The summed E-state index contributed by atoms with van der Waals surface area (Å²) in [6, 6.07) is 8.60.